The number of rotatable bonds is 6. The van der Waals surface area contributed by atoms with Gasteiger partial charge < -0.3 is 25.0 Å². The Kier molecular flexibility index (Phi) is 8.25. The van der Waals surface area contributed by atoms with Crippen molar-refractivity contribution in [1.82, 2.24) is 10.2 Å². The predicted octanol–water partition coefficient (Wildman–Crippen LogP) is 4.25. The largest absolute Gasteiger partial charge is 0.490 e. The van der Waals surface area contributed by atoms with Crippen molar-refractivity contribution in [2.24, 2.45) is 0 Å². The van der Waals surface area contributed by atoms with Gasteiger partial charge in [0.15, 0.2) is 0 Å². The van der Waals surface area contributed by atoms with E-state index in [1.165, 1.54) is 24.3 Å². The van der Waals surface area contributed by atoms with Crippen LogP contribution in [0.25, 0.3) is 0 Å². The zero-order chi connectivity index (χ0) is 27.4. The quantitative estimate of drug-likeness (QED) is 0.579. The number of ether oxygens (including phenoxy) is 2. The number of hydrogen-bond acceptors (Lipinski definition) is 5. The highest BCUT2D eigenvalue weighted by Crippen LogP contribution is 2.33. The number of alkyl halides is 3. The van der Waals surface area contributed by atoms with Gasteiger partial charge in [0, 0.05) is 24.8 Å². The van der Waals surface area contributed by atoms with Gasteiger partial charge in [0.25, 0.3) is 11.8 Å². The van der Waals surface area contributed by atoms with Crippen molar-refractivity contribution in [2.75, 3.05) is 25.5 Å². The molecule has 2 heterocycles. The van der Waals surface area contributed by atoms with Crippen LogP contribution in [-0.2, 0) is 15.7 Å². The van der Waals surface area contributed by atoms with Gasteiger partial charge in [0.2, 0.25) is 5.91 Å². The molecule has 0 aliphatic carbocycles. The average Bonchev–Trinajstić information content (AvgIpc) is 2.89. The molecule has 2 aromatic rings. The van der Waals surface area contributed by atoms with Gasteiger partial charge in [-0.25, -0.2) is 0 Å². The van der Waals surface area contributed by atoms with E-state index in [4.69, 9.17) is 9.47 Å². The lowest BCUT2D eigenvalue weighted by molar-refractivity contribution is -0.137. The molecule has 0 spiro atoms. The molecule has 1 fully saturated rings. The van der Waals surface area contributed by atoms with E-state index in [1.54, 1.807) is 11.9 Å². The number of carbonyl (C=O) groups excluding carboxylic acids is 3. The van der Waals surface area contributed by atoms with Crippen molar-refractivity contribution in [3.05, 3.63) is 59.2 Å². The molecule has 2 N–H and O–H groups in total. The molecule has 2 aliphatic rings. The maximum atomic E-state index is 13.4. The number of anilines is 1. The first kappa shape index (κ1) is 27.4. The summed E-state index contributed by atoms with van der Waals surface area (Å²) in [6, 6.07) is 8.33. The Bertz CT molecular complexity index is 1200. The van der Waals surface area contributed by atoms with Crippen LogP contribution < -0.4 is 15.4 Å². The first-order valence-electron chi connectivity index (χ1n) is 12.5. The van der Waals surface area contributed by atoms with Crippen LogP contribution in [0.5, 0.6) is 5.75 Å². The van der Waals surface area contributed by atoms with Crippen molar-refractivity contribution in [3.8, 4) is 5.75 Å². The van der Waals surface area contributed by atoms with Crippen LogP contribution in [0.3, 0.4) is 0 Å². The molecule has 0 saturated carbocycles. The van der Waals surface area contributed by atoms with Gasteiger partial charge in [-0.2, -0.15) is 13.2 Å². The van der Waals surface area contributed by atoms with E-state index in [-0.39, 0.29) is 53.8 Å². The predicted molar refractivity (Wildman–Crippen MR) is 133 cm³/mol. The number of nitrogens with zero attached hydrogens (tertiary/aromatic N) is 1. The minimum Gasteiger partial charge on any atom is -0.490 e. The Balaban J connectivity index is 1.47. The lowest BCUT2D eigenvalue weighted by Crippen LogP contribution is -2.54. The second-order valence-electron chi connectivity index (χ2n) is 9.47. The Labute approximate surface area is 218 Å². The summed E-state index contributed by atoms with van der Waals surface area (Å²) in [6.45, 7) is 2.75. The van der Waals surface area contributed by atoms with Crippen molar-refractivity contribution < 1.29 is 37.0 Å². The zero-order valence-electron chi connectivity index (χ0n) is 21.1. The molecule has 11 heteroatoms. The summed E-state index contributed by atoms with van der Waals surface area (Å²) in [5.41, 5.74) is -0.631. The van der Waals surface area contributed by atoms with Crippen molar-refractivity contribution in [2.45, 2.75) is 57.0 Å². The molecule has 1 saturated heterocycles. The molecule has 0 radical (unpaired) electrons. The number of benzene rings is 2. The SMILES string of the molecule is CCCNC(=O)C[C@@H]1CC[C@@H]2[C@@H](COc3ccc(NC(=O)c4cccc(C(F)(F)F)c4)cc3C(=O)N2C)O1. The molecule has 38 heavy (non-hydrogen) atoms. The standard InChI is InChI=1S/C27H30F3N3O5/c1-3-11-31-24(34)14-19-8-9-21-23(38-19)15-37-22-10-7-18(13-20(22)26(36)33(21)2)32-25(35)16-5-4-6-17(12-16)27(28,29)30/h4-7,10,12-13,19,21,23H,3,8-9,11,14-15H2,1-2H3,(H,31,34)(H,32,35)/t19-,21+,23+/m0/s1. The normalized spacial score (nSPS) is 21.3. The minimum absolute atomic E-state index is 0.0726. The van der Waals surface area contributed by atoms with Crippen LogP contribution in [0.15, 0.2) is 42.5 Å². The van der Waals surface area contributed by atoms with Crippen LogP contribution in [0.2, 0.25) is 0 Å². The van der Waals surface area contributed by atoms with E-state index in [9.17, 15) is 27.6 Å². The Hall–Kier alpha value is -3.60. The molecule has 204 valence electrons. The monoisotopic (exact) mass is 533 g/mol. The topological polar surface area (TPSA) is 97.0 Å². The van der Waals surface area contributed by atoms with Gasteiger partial charge in [-0.3, -0.25) is 14.4 Å². The van der Waals surface area contributed by atoms with E-state index in [1.807, 2.05) is 6.92 Å². The van der Waals surface area contributed by atoms with Crippen LogP contribution in [0, 0.1) is 0 Å². The Morgan fingerprint density at radius 1 is 1.13 bits per heavy atom. The Morgan fingerprint density at radius 2 is 1.92 bits per heavy atom. The molecule has 3 atom stereocenters. The fraction of sp³-hybridized carbons (Fsp3) is 0.444. The van der Waals surface area contributed by atoms with Crippen LogP contribution >= 0.6 is 0 Å². The number of carbonyl (C=O) groups is 3. The number of amides is 3. The summed E-state index contributed by atoms with van der Waals surface area (Å²) in [5.74, 6) is -0.855. The molecule has 0 aromatic heterocycles. The first-order valence-corrected chi connectivity index (χ1v) is 12.5. The van der Waals surface area contributed by atoms with E-state index >= 15 is 0 Å². The van der Waals surface area contributed by atoms with Gasteiger partial charge >= 0.3 is 6.18 Å². The third kappa shape index (κ3) is 6.27. The molecular formula is C27H30F3N3O5. The summed E-state index contributed by atoms with van der Waals surface area (Å²) < 4.78 is 51.1. The van der Waals surface area contributed by atoms with Gasteiger partial charge in [-0.1, -0.05) is 13.0 Å². The number of nitrogens with one attached hydrogen (secondary N) is 2. The number of fused-ring (bicyclic) bond motifs is 2. The molecule has 8 nitrogen and oxygen atoms in total. The summed E-state index contributed by atoms with van der Waals surface area (Å²) >= 11 is 0. The van der Waals surface area contributed by atoms with E-state index < -0.39 is 23.8 Å². The molecule has 0 unspecified atom stereocenters. The van der Waals surface area contributed by atoms with Gasteiger partial charge in [-0.15, -0.1) is 0 Å². The third-order valence-corrected chi connectivity index (χ3v) is 6.71. The second kappa shape index (κ2) is 11.4. The van der Waals surface area contributed by atoms with E-state index in [0.29, 0.717) is 25.1 Å². The maximum absolute atomic E-state index is 13.4. The fourth-order valence-electron chi connectivity index (χ4n) is 4.69. The summed E-state index contributed by atoms with van der Waals surface area (Å²) in [6.07, 6.45) is -2.94. The fourth-order valence-corrected chi connectivity index (χ4v) is 4.69. The lowest BCUT2D eigenvalue weighted by atomic mass is 9.94. The van der Waals surface area contributed by atoms with Crippen molar-refractivity contribution >= 4 is 23.4 Å². The number of hydrogen-bond donors (Lipinski definition) is 2. The first-order chi connectivity index (χ1) is 18.1. The highest BCUT2D eigenvalue weighted by molar-refractivity contribution is 6.05. The Morgan fingerprint density at radius 3 is 2.66 bits per heavy atom. The van der Waals surface area contributed by atoms with Crippen molar-refractivity contribution in [1.29, 1.82) is 0 Å². The van der Waals surface area contributed by atoms with E-state index in [2.05, 4.69) is 10.6 Å². The molecular weight excluding hydrogens is 503 g/mol. The highest BCUT2D eigenvalue weighted by atomic mass is 19.4. The van der Waals surface area contributed by atoms with Crippen LogP contribution in [0.4, 0.5) is 18.9 Å². The average molecular weight is 534 g/mol. The molecule has 4 rings (SSSR count). The maximum Gasteiger partial charge on any atom is 0.416 e. The van der Waals surface area contributed by atoms with Gasteiger partial charge in [0.05, 0.1) is 29.7 Å². The molecule has 0 bridgehead atoms. The summed E-state index contributed by atoms with van der Waals surface area (Å²) in [4.78, 5) is 39.7. The summed E-state index contributed by atoms with van der Waals surface area (Å²) in [5, 5.41) is 5.40. The smallest absolute Gasteiger partial charge is 0.416 e. The molecule has 3 amide bonds. The van der Waals surface area contributed by atoms with Gasteiger partial charge in [0.1, 0.15) is 18.5 Å². The second-order valence-corrected chi connectivity index (χ2v) is 9.47. The number of halogens is 3. The number of likely N-dealkylation sites (N-methyl/N-ethyl adjacent to an activating group) is 1. The molecule has 2 aromatic carbocycles. The van der Waals surface area contributed by atoms with Crippen molar-refractivity contribution in [3.63, 3.8) is 0 Å². The van der Waals surface area contributed by atoms with E-state index in [0.717, 1.165) is 24.6 Å². The van der Waals surface area contributed by atoms with Gasteiger partial charge in [-0.05, 0) is 55.7 Å². The highest BCUT2D eigenvalue weighted by Gasteiger charge is 2.39. The van der Waals surface area contributed by atoms with Crippen LogP contribution in [-0.4, -0.2) is 61.1 Å². The minimum atomic E-state index is -4.57. The third-order valence-electron chi connectivity index (χ3n) is 6.71. The molecule has 2 aliphatic heterocycles. The van der Waals surface area contributed by atoms with Crippen LogP contribution in [0.1, 0.15) is 58.9 Å². The summed E-state index contributed by atoms with van der Waals surface area (Å²) in [7, 11) is 1.67. The zero-order valence-corrected chi connectivity index (χ0v) is 21.1. The lowest BCUT2D eigenvalue weighted by Gasteiger charge is -2.42.